The number of hydrogen-bond acceptors (Lipinski definition) is 4. The second-order valence-corrected chi connectivity index (χ2v) is 8.18. The van der Waals surface area contributed by atoms with Crippen molar-refractivity contribution in [1.82, 2.24) is 9.62 Å². The Morgan fingerprint density at radius 3 is 2.65 bits per heavy atom. The third-order valence-corrected chi connectivity index (χ3v) is 5.76. The molecule has 1 fully saturated rings. The van der Waals surface area contributed by atoms with Crippen molar-refractivity contribution in [2.75, 3.05) is 33.1 Å². The van der Waals surface area contributed by atoms with Crippen LogP contribution in [0.2, 0.25) is 0 Å². The molecule has 0 aliphatic carbocycles. The number of amides is 1. The van der Waals surface area contributed by atoms with Crippen LogP contribution in [0.25, 0.3) is 0 Å². The zero-order valence-electron chi connectivity index (χ0n) is 13.4. The molecule has 1 aromatic rings. The summed E-state index contributed by atoms with van der Waals surface area (Å²) >= 11 is 0. The third kappa shape index (κ3) is 4.49. The summed E-state index contributed by atoms with van der Waals surface area (Å²) in [5.74, 6) is -1.35. The molecule has 0 bridgehead atoms. The highest BCUT2D eigenvalue weighted by Crippen LogP contribution is 2.18. The Hall–Kier alpha value is -1.51. The van der Waals surface area contributed by atoms with Gasteiger partial charge in [-0.2, -0.15) is 0 Å². The molecule has 1 heterocycles. The minimum absolute atomic E-state index is 0.104. The summed E-state index contributed by atoms with van der Waals surface area (Å²) in [6, 6.07) is 3.66. The standard InChI is InChI=1S/C15H21FN2O4S/c1-10-4-11(6-13(16)5-10)15(19)17-14-8-22-7-12(14)9-23(20,21)18(2)3/h4-6,12,14H,7-9H2,1-3H3,(H,17,19). The molecule has 128 valence electrons. The minimum atomic E-state index is -3.39. The van der Waals surface area contributed by atoms with Crippen molar-refractivity contribution in [2.24, 2.45) is 5.92 Å². The third-order valence-electron chi connectivity index (χ3n) is 3.80. The van der Waals surface area contributed by atoms with Crippen molar-refractivity contribution in [2.45, 2.75) is 13.0 Å². The maximum atomic E-state index is 13.4. The number of nitrogens with zero attached hydrogens (tertiary/aromatic N) is 1. The summed E-state index contributed by atoms with van der Waals surface area (Å²) in [5.41, 5.74) is 0.855. The SMILES string of the molecule is Cc1cc(F)cc(C(=O)NC2COCC2CS(=O)(=O)N(C)C)c1. The van der Waals surface area contributed by atoms with E-state index in [0.29, 0.717) is 5.56 Å². The smallest absolute Gasteiger partial charge is 0.251 e. The van der Waals surface area contributed by atoms with Gasteiger partial charge in [0.15, 0.2) is 0 Å². The topological polar surface area (TPSA) is 75.7 Å². The number of carbonyl (C=O) groups excluding carboxylic acids is 1. The number of ether oxygens (including phenoxy) is 1. The maximum absolute atomic E-state index is 13.4. The van der Waals surface area contributed by atoms with Gasteiger partial charge in [-0.25, -0.2) is 17.1 Å². The summed E-state index contributed by atoms with van der Waals surface area (Å²) in [6.07, 6.45) is 0. The van der Waals surface area contributed by atoms with E-state index in [9.17, 15) is 17.6 Å². The molecule has 0 saturated carbocycles. The van der Waals surface area contributed by atoms with Gasteiger partial charge in [0.1, 0.15) is 5.82 Å². The summed E-state index contributed by atoms with van der Waals surface area (Å²) in [6.45, 7) is 2.21. The van der Waals surface area contributed by atoms with Crippen molar-refractivity contribution in [3.63, 3.8) is 0 Å². The highest BCUT2D eigenvalue weighted by atomic mass is 32.2. The molecule has 2 atom stereocenters. The first-order valence-corrected chi connectivity index (χ1v) is 8.86. The molecule has 1 aliphatic heterocycles. The van der Waals surface area contributed by atoms with Crippen molar-refractivity contribution in [1.29, 1.82) is 0 Å². The Labute approximate surface area is 135 Å². The molecule has 2 rings (SSSR count). The van der Waals surface area contributed by atoms with Gasteiger partial charge >= 0.3 is 0 Å². The van der Waals surface area contributed by atoms with Crippen LogP contribution in [-0.4, -0.2) is 57.7 Å². The number of benzene rings is 1. The van der Waals surface area contributed by atoms with E-state index in [2.05, 4.69) is 5.32 Å². The van der Waals surface area contributed by atoms with Crippen molar-refractivity contribution in [3.8, 4) is 0 Å². The molecule has 0 aromatic heterocycles. The molecule has 1 aromatic carbocycles. The van der Waals surface area contributed by atoms with E-state index in [4.69, 9.17) is 4.74 Å². The average molecular weight is 344 g/mol. The predicted molar refractivity (Wildman–Crippen MR) is 84.2 cm³/mol. The number of nitrogens with one attached hydrogen (secondary N) is 1. The van der Waals surface area contributed by atoms with Gasteiger partial charge in [0, 0.05) is 25.6 Å². The molecular weight excluding hydrogens is 323 g/mol. The Kier molecular flexibility index (Phi) is 5.38. The van der Waals surface area contributed by atoms with Crippen molar-refractivity contribution >= 4 is 15.9 Å². The van der Waals surface area contributed by atoms with Gasteiger partial charge in [-0.15, -0.1) is 0 Å². The first kappa shape index (κ1) is 17.8. The molecule has 2 unspecified atom stereocenters. The fourth-order valence-electron chi connectivity index (χ4n) is 2.46. The van der Waals surface area contributed by atoms with Gasteiger partial charge in [0.25, 0.3) is 5.91 Å². The van der Waals surface area contributed by atoms with E-state index in [-0.39, 0.29) is 30.4 Å². The molecule has 1 amide bonds. The largest absolute Gasteiger partial charge is 0.379 e. The van der Waals surface area contributed by atoms with Crippen LogP contribution >= 0.6 is 0 Å². The molecule has 1 saturated heterocycles. The highest BCUT2D eigenvalue weighted by molar-refractivity contribution is 7.89. The van der Waals surface area contributed by atoms with E-state index in [1.165, 1.54) is 20.2 Å². The first-order valence-electron chi connectivity index (χ1n) is 7.25. The summed E-state index contributed by atoms with van der Waals surface area (Å²) in [4.78, 5) is 12.3. The molecular formula is C15H21FN2O4S. The van der Waals surface area contributed by atoms with Crippen LogP contribution in [-0.2, 0) is 14.8 Å². The van der Waals surface area contributed by atoms with E-state index in [1.807, 2.05) is 0 Å². The zero-order chi connectivity index (χ0) is 17.2. The zero-order valence-corrected chi connectivity index (χ0v) is 14.2. The first-order chi connectivity index (χ1) is 10.7. The van der Waals surface area contributed by atoms with Crippen LogP contribution in [0.5, 0.6) is 0 Å². The lowest BCUT2D eigenvalue weighted by Gasteiger charge is -2.21. The Morgan fingerprint density at radius 2 is 2.04 bits per heavy atom. The van der Waals surface area contributed by atoms with Crippen molar-refractivity contribution < 1.29 is 22.3 Å². The number of sulfonamides is 1. The van der Waals surface area contributed by atoms with Gasteiger partial charge in [-0.3, -0.25) is 4.79 Å². The van der Waals surface area contributed by atoms with E-state index >= 15 is 0 Å². The van der Waals surface area contributed by atoms with Crippen LogP contribution in [0.15, 0.2) is 18.2 Å². The van der Waals surface area contributed by atoms with E-state index in [0.717, 1.165) is 10.4 Å². The number of rotatable bonds is 5. The lowest BCUT2D eigenvalue weighted by molar-refractivity contribution is 0.0925. The fraction of sp³-hybridized carbons (Fsp3) is 0.533. The Bertz CT molecular complexity index is 670. The minimum Gasteiger partial charge on any atom is -0.379 e. The van der Waals surface area contributed by atoms with Gasteiger partial charge in [0.05, 0.1) is 25.0 Å². The quantitative estimate of drug-likeness (QED) is 0.856. The average Bonchev–Trinajstić information content (AvgIpc) is 2.84. The summed E-state index contributed by atoms with van der Waals surface area (Å²) in [7, 11) is -0.453. The van der Waals surface area contributed by atoms with E-state index < -0.39 is 27.8 Å². The summed E-state index contributed by atoms with van der Waals surface area (Å²) in [5, 5.41) is 2.75. The Morgan fingerprint density at radius 1 is 1.35 bits per heavy atom. The van der Waals surface area contributed by atoms with E-state index in [1.54, 1.807) is 13.0 Å². The predicted octanol–water partition coefficient (Wildman–Crippen LogP) is 0.770. The molecule has 0 spiro atoms. The second kappa shape index (κ2) is 6.94. The second-order valence-electron chi connectivity index (χ2n) is 5.96. The molecule has 1 N–H and O–H groups in total. The van der Waals surface area contributed by atoms with Crippen LogP contribution < -0.4 is 5.32 Å². The molecule has 6 nitrogen and oxygen atoms in total. The van der Waals surface area contributed by atoms with Crippen LogP contribution in [0.4, 0.5) is 4.39 Å². The number of aryl methyl sites for hydroxylation is 1. The van der Waals surface area contributed by atoms with Gasteiger partial charge < -0.3 is 10.1 Å². The van der Waals surface area contributed by atoms with Gasteiger partial charge in [-0.05, 0) is 30.7 Å². The highest BCUT2D eigenvalue weighted by Gasteiger charge is 2.34. The maximum Gasteiger partial charge on any atom is 0.251 e. The molecule has 8 heteroatoms. The number of hydrogen-bond donors (Lipinski definition) is 1. The number of halogens is 1. The molecule has 0 radical (unpaired) electrons. The van der Waals surface area contributed by atoms with Crippen LogP contribution in [0.3, 0.4) is 0 Å². The van der Waals surface area contributed by atoms with Crippen molar-refractivity contribution in [3.05, 3.63) is 35.1 Å². The fourth-order valence-corrected chi connectivity index (χ4v) is 3.63. The van der Waals surface area contributed by atoms with Gasteiger partial charge in [0.2, 0.25) is 10.0 Å². The van der Waals surface area contributed by atoms with Gasteiger partial charge in [-0.1, -0.05) is 0 Å². The number of carbonyl (C=O) groups is 1. The Balaban J connectivity index is 2.07. The normalized spacial score (nSPS) is 21.6. The van der Waals surface area contributed by atoms with Crippen LogP contribution in [0.1, 0.15) is 15.9 Å². The molecule has 23 heavy (non-hydrogen) atoms. The monoisotopic (exact) mass is 344 g/mol. The molecule has 1 aliphatic rings. The lowest BCUT2D eigenvalue weighted by Crippen LogP contribution is -2.43. The van der Waals surface area contributed by atoms with Crippen LogP contribution in [0, 0.1) is 18.7 Å². The summed E-state index contributed by atoms with van der Waals surface area (Å²) < 4.78 is 43.8. The lowest BCUT2D eigenvalue weighted by atomic mass is 10.1.